The number of ether oxygens (including phenoxy) is 1. The molecule has 0 saturated carbocycles. The average Bonchev–Trinajstić information content (AvgIpc) is 3.45. The summed E-state index contributed by atoms with van der Waals surface area (Å²) in [5, 5.41) is 4.66. The molecule has 0 atom stereocenters. The lowest BCUT2D eigenvalue weighted by Crippen LogP contribution is -2.24. The third kappa shape index (κ3) is 4.10. The van der Waals surface area contributed by atoms with Crippen molar-refractivity contribution in [3.63, 3.8) is 0 Å². The fourth-order valence-corrected chi connectivity index (χ4v) is 7.14. The van der Waals surface area contributed by atoms with Crippen molar-refractivity contribution < 1.29 is 9.15 Å². The molecule has 0 N–H and O–H groups in total. The molecule has 45 heavy (non-hydrogen) atoms. The topological polar surface area (TPSA) is 22.4 Å². The van der Waals surface area contributed by atoms with Crippen LogP contribution < -0.4 is 4.74 Å². The van der Waals surface area contributed by atoms with Gasteiger partial charge >= 0.3 is 0 Å². The summed E-state index contributed by atoms with van der Waals surface area (Å²) in [7, 11) is 0. The van der Waals surface area contributed by atoms with E-state index in [4.69, 9.17) is 9.15 Å². The van der Waals surface area contributed by atoms with E-state index in [0.717, 1.165) is 55.7 Å². The number of hydrogen-bond acceptors (Lipinski definition) is 2. The zero-order valence-electron chi connectivity index (χ0n) is 25.2. The lowest BCUT2D eigenvalue weighted by molar-refractivity contribution is 0.418. The van der Waals surface area contributed by atoms with Crippen LogP contribution in [0.3, 0.4) is 0 Å². The highest BCUT2D eigenvalue weighted by Gasteiger charge is 2.34. The summed E-state index contributed by atoms with van der Waals surface area (Å²) in [5.74, 6) is 1.84. The molecular weight excluding hydrogens is 548 g/mol. The molecule has 2 nitrogen and oxygen atoms in total. The monoisotopic (exact) mass is 578 g/mol. The molecule has 8 aromatic rings. The van der Waals surface area contributed by atoms with Gasteiger partial charge in [0.1, 0.15) is 22.7 Å². The first kappa shape index (κ1) is 25.9. The van der Waals surface area contributed by atoms with Crippen molar-refractivity contribution in [3.05, 3.63) is 157 Å². The predicted octanol–water partition coefficient (Wildman–Crippen LogP) is 12.2. The minimum Gasteiger partial charge on any atom is -0.457 e. The Labute approximate surface area is 262 Å². The molecule has 9 rings (SSSR count). The van der Waals surface area contributed by atoms with Gasteiger partial charge in [0.25, 0.3) is 0 Å². The van der Waals surface area contributed by atoms with Gasteiger partial charge in [-0.15, -0.1) is 0 Å². The van der Waals surface area contributed by atoms with Gasteiger partial charge in [0, 0.05) is 27.3 Å². The fourth-order valence-electron chi connectivity index (χ4n) is 7.14. The van der Waals surface area contributed by atoms with Crippen LogP contribution in [0.1, 0.15) is 25.0 Å². The average molecular weight is 579 g/mol. The summed E-state index contributed by atoms with van der Waals surface area (Å²) in [6, 6.07) is 51.9. The van der Waals surface area contributed by atoms with Crippen LogP contribution in [-0.4, -0.2) is 0 Å². The second-order valence-corrected chi connectivity index (χ2v) is 12.6. The Bertz CT molecular complexity index is 2430. The summed E-state index contributed by atoms with van der Waals surface area (Å²) < 4.78 is 13.0. The summed E-state index contributed by atoms with van der Waals surface area (Å²) in [6.45, 7) is 4.56. The second-order valence-electron chi connectivity index (χ2n) is 12.6. The normalized spacial score (nSPS) is 13.5. The summed E-state index contributed by atoms with van der Waals surface area (Å²) in [6.07, 6.45) is 0. The minimum absolute atomic E-state index is 0.151. The lowest BCUT2D eigenvalue weighted by Gasteiger charge is -2.34. The molecule has 0 saturated heterocycles. The Morgan fingerprint density at radius 2 is 1.13 bits per heavy atom. The van der Waals surface area contributed by atoms with Crippen molar-refractivity contribution in [2.45, 2.75) is 19.3 Å². The molecule has 7 aromatic carbocycles. The Morgan fingerprint density at radius 3 is 1.98 bits per heavy atom. The van der Waals surface area contributed by atoms with E-state index in [2.05, 4.69) is 153 Å². The largest absolute Gasteiger partial charge is 0.457 e. The second kappa shape index (κ2) is 9.70. The Kier molecular flexibility index (Phi) is 5.58. The van der Waals surface area contributed by atoms with E-state index in [-0.39, 0.29) is 5.41 Å². The number of furan rings is 1. The Morgan fingerprint density at radius 1 is 0.444 bits per heavy atom. The van der Waals surface area contributed by atoms with Gasteiger partial charge < -0.3 is 9.15 Å². The van der Waals surface area contributed by atoms with Crippen LogP contribution in [0.15, 0.2) is 150 Å². The van der Waals surface area contributed by atoms with E-state index in [9.17, 15) is 0 Å². The molecule has 1 aliphatic rings. The third-order valence-corrected chi connectivity index (χ3v) is 9.48. The maximum Gasteiger partial charge on any atom is 0.136 e. The van der Waals surface area contributed by atoms with Gasteiger partial charge in [0.2, 0.25) is 0 Å². The molecule has 214 valence electrons. The highest BCUT2D eigenvalue weighted by molar-refractivity contribution is 6.15. The maximum absolute atomic E-state index is 6.52. The molecule has 0 unspecified atom stereocenters. The molecule has 0 amide bonds. The van der Waals surface area contributed by atoms with Gasteiger partial charge in [-0.2, -0.15) is 0 Å². The van der Waals surface area contributed by atoms with Crippen molar-refractivity contribution in [2.24, 2.45) is 0 Å². The van der Waals surface area contributed by atoms with Crippen LogP contribution >= 0.6 is 0 Å². The Balaban J connectivity index is 1.26. The molecule has 0 radical (unpaired) electrons. The highest BCUT2D eigenvalue weighted by Crippen LogP contribution is 2.49. The molecule has 1 aliphatic heterocycles. The van der Waals surface area contributed by atoms with E-state index in [1.54, 1.807) is 0 Å². The smallest absolute Gasteiger partial charge is 0.136 e. The van der Waals surface area contributed by atoms with Crippen LogP contribution in [-0.2, 0) is 5.41 Å². The van der Waals surface area contributed by atoms with Crippen LogP contribution in [0.4, 0.5) is 0 Å². The first-order valence-corrected chi connectivity index (χ1v) is 15.5. The number of hydrogen-bond donors (Lipinski definition) is 0. The third-order valence-electron chi connectivity index (χ3n) is 9.48. The van der Waals surface area contributed by atoms with Crippen molar-refractivity contribution in [3.8, 4) is 44.9 Å². The molecule has 0 aliphatic carbocycles. The quantitative estimate of drug-likeness (QED) is 0.208. The SMILES string of the molecule is CC1(C)c2ccccc2Oc2cc(-c3cc(-c4ccccc4)cc(-c4cccc5oc6cc7ccccc7cc6c45)c3)ccc21. The molecule has 2 heteroatoms. The van der Waals surface area contributed by atoms with Crippen molar-refractivity contribution >= 4 is 32.7 Å². The summed E-state index contributed by atoms with van der Waals surface area (Å²) in [5.41, 5.74) is 11.0. The standard InChI is InChI=1S/C43H30O2/c1-43(2)36-16-8-9-17-38(36)44-41-26-30(19-20-37(41)43)32-21-31(27-11-4-3-5-12-27)22-33(23-32)34-15-10-18-39-42(34)35-24-28-13-6-7-14-29(28)25-40(35)45-39/h3-26H,1-2H3. The number of fused-ring (bicyclic) bond motifs is 6. The van der Waals surface area contributed by atoms with Crippen molar-refractivity contribution in [1.82, 2.24) is 0 Å². The number of para-hydroxylation sites is 1. The van der Waals surface area contributed by atoms with Gasteiger partial charge in [-0.05, 0) is 92.7 Å². The zero-order valence-corrected chi connectivity index (χ0v) is 25.2. The van der Waals surface area contributed by atoms with Crippen LogP contribution in [0.2, 0.25) is 0 Å². The van der Waals surface area contributed by atoms with Crippen molar-refractivity contribution in [2.75, 3.05) is 0 Å². The van der Waals surface area contributed by atoms with E-state index in [0.29, 0.717) is 0 Å². The number of benzene rings is 7. The Hall–Kier alpha value is -5.60. The summed E-state index contributed by atoms with van der Waals surface area (Å²) in [4.78, 5) is 0. The van der Waals surface area contributed by atoms with E-state index >= 15 is 0 Å². The minimum atomic E-state index is -0.151. The van der Waals surface area contributed by atoms with Crippen LogP contribution in [0, 0.1) is 0 Å². The molecule has 2 heterocycles. The van der Waals surface area contributed by atoms with Crippen LogP contribution in [0.5, 0.6) is 11.5 Å². The van der Waals surface area contributed by atoms with Crippen molar-refractivity contribution in [1.29, 1.82) is 0 Å². The molecule has 0 bridgehead atoms. The summed E-state index contributed by atoms with van der Waals surface area (Å²) >= 11 is 0. The van der Waals surface area contributed by atoms with Crippen LogP contribution in [0.25, 0.3) is 66.1 Å². The van der Waals surface area contributed by atoms with Gasteiger partial charge in [0.05, 0.1) is 0 Å². The molecule has 0 spiro atoms. The number of rotatable bonds is 3. The van der Waals surface area contributed by atoms with Gasteiger partial charge in [-0.3, -0.25) is 0 Å². The first-order valence-electron chi connectivity index (χ1n) is 15.5. The molecular formula is C43H30O2. The van der Waals surface area contributed by atoms with Gasteiger partial charge in [-0.1, -0.05) is 111 Å². The molecule has 0 fully saturated rings. The van der Waals surface area contributed by atoms with E-state index in [1.807, 2.05) is 6.07 Å². The molecule has 1 aromatic heterocycles. The zero-order chi connectivity index (χ0) is 30.1. The van der Waals surface area contributed by atoms with E-state index < -0.39 is 0 Å². The maximum atomic E-state index is 6.52. The van der Waals surface area contributed by atoms with Gasteiger partial charge in [0.15, 0.2) is 0 Å². The van der Waals surface area contributed by atoms with E-state index in [1.165, 1.54) is 33.0 Å². The lowest BCUT2D eigenvalue weighted by atomic mass is 9.75. The predicted molar refractivity (Wildman–Crippen MR) is 186 cm³/mol. The highest BCUT2D eigenvalue weighted by atomic mass is 16.5. The van der Waals surface area contributed by atoms with Gasteiger partial charge in [-0.25, -0.2) is 0 Å². The first-order chi connectivity index (χ1) is 22.0. The fraction of sp³-hybridized carbons (Fsp3) is 0.0698.